The molecule has 0 amide bonds. The minimum absolute atomic E-state index is 0.0338. The van der Waals surface area contributed by atoms with Crippen LogP contribution < -0.4 is 0 Å². The highest BCUT2D eigenvalue weighted by Gasteiger charge is 2.46. The number of fused-ring (bicyclic) bond motifs is 1. The Morgan fingerprint density at radius 2 is 2.08 bits per heavy atom. The maximum Gasteiger partial charge on any atom is 0.334 e. The minimum atomic E-state index is -1.63. The lowest BCUT2D eigenvalue weighted by Gasteiger charge is -2.36. The number of carbonyl (C=O) groups excluding carboxylic acids is 2. The van der Waals surface area contributed by atoms with E-state index in [1.807, 2.05) is 0 Å². The van der Waals surface area contributed by atoms with Crippen LogP contribution in [0.2, 0.25) is 0 Å². The summed E-state index contributed by atoms with van der Waals surface area (Å²) in [6.07, 6.45) is -2.49. The van der Waals surface area contributed by atoms with Gasteiger partial charge in [0.05, 0.1) is 23.7 Å². The van der Waals surface area contributed by atoms with E-state index in [0.717, 1.165) is 0 Å². The predicted octanol–water partition coefficient (Wildman–Crippen LogP) is 0.229. The summed E-state index contributed by atoms with van der Waals surface area (Å²) in [5.74, 6) is -1.88. The quantitative estimate of drug-likeness (QED) is 0.356. The lowest BCUT2D eigenvalue weighted by molar-refractivity contribution is -0.150. The minimum Gasteiger partial charge on any atom is -0.458 e. The molecule has 1 saturated heterocycles. The number of aliphatic hydroxyl groups excluding tert-OH is 2. The van der Waals surface area contributed by atoms with Crippen molar-refractivity contribution in [2.45, 2.75) is 63.6 Å². The molecule has 0 bridgehead atoms. The van der Waals surface area contributed by atoms with Crippen LogP contribution in [0.3, 0.4) is 0 Å². The highest BCUT2D eigenvalue weighted by Crippen LogP contribution is 2.37. The standard InChI is InChI=1S/C17H24O7/c1-8-5-13-15(9(2)16(21)24-13)11(19)7-17(4,22)14(20)6-12(8)23-10(3)18/h5,11-15,19-20,22H,2,6-7H2,1,3-4H3/b8-5-/t11-,12-,13-,14-,15-,17-/m1/s1. The lowest BCUT2D eigenvalue weighted by Crippen LogP contribution is -2.47. The molecule has 1 heterocycles. The molecule has 24 heavy (non-hydrogen) atoms. The Balaban J connectivity index is 2.45. The molecule has 1 fully saturated rings. The molecule has 2 rings (SSSR count). The fourth-order valence-corrected chi connectivity index (χ4v) is 3.23. The van der Waals surface area contributed by atoms with Gasteiger partial charge in [0.2, 0.25) is 0 Å². The van der Waals surface area contributed by atoms with Gasteiger partial charge in [-0.15, -0.1) is 0 Å². The lowest BCUT2D eigenvalue weighted by atomic mass is 9.79. The van der Waals surface area contributed by atoms with E-state index in [0.29, 0.717) is 5.57 Å². The third-order valence-electron chi connectivity index (χ3n) is 4.70. The number of carbonyl (C=O) groups is 2. The molecule has 3 N–H and O–H groups in total. The van der Waals surface area contributed by atoms with Gasteiger partial charge in [0, 0.05) is 25.3 Å². The fourth-order valence-electron chi connectivity index (χ4n) is 3.23. The van der Waals surface area contributed by atoms with Crippen molar-refractivity contribution in [1.82, 2.24) is 0 Å². The molecule has 7 heteroatoms. The highest BCUT2D eigenvalue weighted by atomic mass is 16.6. The molecule has 0 spiro atoms. The van der Waals surface area contributed by atoms with Crippen LogP contribution in [0.4, 0.5) is 0 Å². The van der Waals surface area contributed by atoms with E-state index in [-0.39, 0.29) is 18.4 Å². The number of hydrogen-bond donors (Lipinski definition) is 3. The molecule has 7 nitrogen and oxygen atoms in total. The largest absolute Gasteiger partial charge is 0.458 e. The molecule has 0 aromatic heterocycles. The third-order valence-corrected chi connectivity index (χ3v) is 4.70. The Bertz CT molecular complexity index is 577. The van der Waals surface area contributed by atoms with Crippen molar-refractivity contribution < 1.29 is 34.4 Å². The Labute approximate surface area is 140 Å². The van der Waals surface area contributed by atoms with Crippen molar-refractivity contribution in [1.29, 1.82) is 0 Å². The first-order chi connectivity index (χ1) is 11.0. The van der Waals surface area contributed by atoms with Crippen molar-refractivity contribution in [3.05, 3.63) is 23.8 Å². The van der Waals surface area contributed by atoms with Gasteiger partial charge in [-0.3, -0.25) is 4.79 Å². The summed E-state index contributed by atoms with van der Waals surface area (Å²) < 4.78 is 10.5. The molecule has 0 radical (unpaired) electrons. The normalized spacial score (nSPS) is 42.6. The average molecular weight is 340 g/mol. The first-order valence-corrected chi connectivity index (χ1v) is 7.86. The smallest absolute Gasteiger partial charge is 0.334 e. The van der Waals surface area contributed by atoms with Crippen molar-refractivity contribution in [2.75, 3.05) is 0 Å². The van der Waals surface area contributed by atoms with E-state index in [1.54, 1.807) is 13.0 Å². The second-order valence-corrected chi connectivity index (χ2v) is 6.81. The molecular weight excluding hydrogens is 316 g/mol. The van der Waals surface area contributed by atoms with Gasteiger partial charge in [0.1, 0.15) is 12.2 Å². The van der Waals surface area contributed by atoms with Gasteiger partial charge in [-0.1, -0.05) is 6.58 Å². The summed E-state index contributed by atoms with van der Waals surface area (Å²) in [4.78, 5) is 23.1. The zero-order chi connectivity index (χ0) is 18.2. The van der Waals surface area contributed by atoms with Gasteiger partial charge in [-0.05, 0) is 25.5 Å². The van der Waals surface area contributed by atoms with Crippen LogP contribution in [0, 0.1) is 5.92 Å². The second-order valence-electron chi connectivity index (χ2n) is 6.81. The zero-order valence-electron chi connectivity index (χ0n) is 14.1. The van der Waals surface area contributed by atoms with Crippen LogP contribution in [0.5, 0.6) is 0 Å². The van der Waals surface area contributed by atoms with Crippen LogP contribution in [0.15, 0.2) is 23.8 Å². The number of aliphatic hydroxyl groups is 3. The number of rotatable bonds is 1. The van der Waals surface area contributed by atoms with E-state index in [4.69, 9.17) is 9.47 Å². The van der Waals surface area contributed by atoms with E-state index in [9.17, 15) is 24.9 Å². The molecule has 0 aromatic carbocycles. The zero-order valence-corrected chi connectivity index (χ0v) is 14.1. The van der Waals surface area contributed by atoms with E-state index < -0.39 is 47.9 Å². The molecule has 1 aliphatic carbocycles. The van der Waals surface area contributed by atoms with Gasteiger partial charge in [0.25, 0.3) is 0 Å². The van der Waals surface area contributed by atoms with Gasteiger partial charge >= 0.3 is 11.9 Å². The summed E-state index contributed by atoms with van der Waals surface area (Å²) in [6.45, 7) is 7.98. The van der Waals surface area contributed by atoms with Crippen LogP contribution in [0.25, 0.3) is 0 Å². The Kier molecular flexibility index (Phi) is 5.17. The van der Waals surface area contributed by atoms with Gasteiger partial charge in [-0.25, -0.2) is 4.79 Å². The topological polar surface area (TPSA) is 113 Å². The summed E-state index contributed by atoms with van der Waals surface area (Å²) in [6, 6.07) is 0. The number of esters is 2. The first kappa shape index (κ1) is 18.6. The van der Waals surface area contributed by atoms with Crippen molar-refractivity contribution in [2.24, 2.45) is 5.92 Å². The van der Waals surface area contributed by atoms with Gasteiger partial charge in [-0.2, -0.15) is 0 Å². The summed E-state index contributed by atoms with van der Waals surface area (Å²) in [5, 5.41) is 31.3. The molecule has 0 aromatic rings. The van der Waals surface area contributed by atoms with Crippen molar-refractivity contribution >= 4 is 11.9 Å². The summed E-state index contributed by atoms with van der Waals surface area (Å²) in [7, 11) is 0. The maximum absolute atomic E-state index is 11.8. The second kappa shape index (κ2) is 6.66. The van der Waals surface area contributed by atoms with E-state index >= 15 is 0 Å². The van der Waals surface area contributed by atoms with Gasteiger partial charge < -0.3 is 24.8 Å². The van der Waals surface area contributed by atoms with Gasteiger partial charge in [0.15, 0.2) is 0 Å². The fraction of sp³-hybridized carbons (Fsp3) is 0.647. The number of hydrogen-bond acceptors (Lipinski definition) is 7. The monoisotopic (exact) mass is 340 g/mol. The van der Waals surface area contributed by atoms with Crippen molar-refractivity contribution in [3.63, 3.8) is 0 Å². The maximum atomic E-state index is 11.8. The molecule has 134 valence electrons. The molecule has 0 unspecified atom stereocenters. The molecule has 2 aliphatic rings. The molecular formula is C17H24O7. The van der Waals surface area contributed by atoms with E-state index in [2.05, 4.69) is 6.58 Å². The van der Waals surface area contributed by atoms with Crippen molar-refractivity contribution in [3.8, 4) is 0 Å². The Morgan fingerprint density at radius 1 is 1.46 bits per heavy atom. The molecule has 1 aliphatic heterocycles. The molecule has 6 atom stereocenters. The Hall–Kier alpha value is -1.70. The van der Waals surface area contributed by atoms with Crippen LogP contribution >= 0.6 is 0 Å². The van der Waals surface area contributed by atoms with Crippen LogP contribution in [-0.4, -0.2) is 57.3 Å². The Morgan fingerprint density at radius 3 is 2.67 bits per heavy atom. The SMILES string of the molecule is C=C1C(=O)O[C@@H]2/C=C(/C)[C@H](OC(C)=O)C[C@@H](O)[C@](C)(O)C[C@@H](O)[C@@H]12. The first-order valence-electron chi connectivity index (χ1n) is 7.86. The summed E-state index contributed by atoms with van der Waals surface area (Å²) in [5.41, 5.74) is -0.954. The third kappa shape index (κ3) is 3.68. The van der Waals surface area contributed by atoms with Crippen LogP contribution in [-0.2, 0) is 19.1 Å². The summed E-state index contributed by atoms with van der Waals surface area (Å²) >= 11 is 0. The predicted molar refractivity (Wildman–Crippen MR) is 83.7 cm³/mol. The number of ether oxygens (including phenoxy) is 2. The molecule has 0 saturated carbocycles. The van der Waals surface area contributed by atoms with Crippen LogP contribution in [0.1, 0.15) is 33.6 Å². The highest BCUT2D eigenvalue weighted by molar-refractivity contribution is 5.91. The average Bonchev–Trinajstić information content (AvgIpc) is 2.70. The van der Waals surface area contributed by atoms with E-state index in [1.165, 1.54) is 13.8 Å².